The first-order valence-electron chi connectivity index (χ1n) is 13.5. The van der Waals surface area contributed by atoms with Crippen molar-refractivity contribution in [2.45, 2.75) is 75.0 Å². The molecule has 0 aliphatic heterocycles. The van der Waals surface area contributed by atoms with Crippen LogP contribution in [0.1, 0.15) is 75.3 Å². The zero-order valence-corrected chi connectivity index (χ0v) is 19.7. The Bertz CT molecular complexity index is 1040. The Morgan fingerprint density at radius 3 is 1.21 bits per heavy atom. The summed E-state index contributed by atoms with van der Waals surface area (Å²) in [4.78, 5) is 0. The molecule has 4 saturated carbocycles. The van der Waals surface area contributed by atoms with Gasteiger partial charge in [0.25, 0.3) is 0 Å². The van der Waals surface area contributed by atoms with Crippen LogP contribution < -0.4 is 5.32 Å². The van der Waals surface area contributed by atoms with E-state index in [2.05, 4.69) is 66.0 Å². The summed E-state index contributed by atoms with van der Waals surface area (Å²) < 4.78 is 0. The fraction of sp³-hybridized carbons (Fsp3) is 0.500. The summed E-state index contributed by atoms with van der Waals surface area (Å²) in [6, 6.07) is 18.9. The van der Waals surface area contributed by atoms with E-state index in [9.17, 15) is 0 Å². The van der Waals surface area contributed by atoms with Crippen LogP contribution in [0.25, 0.3) is 0 Å². The lowest BCUT2D eigenvalue weighted by Crippen LogP contribution is -2.42. The summed E-state index contributed by atoms with van der Waals surface area (Å²) in [5, 5.41) is 3.68. The Labute approximate surface area is 198 Å². The van der Waals surface area contributed by atoms with E-state index >= 15 is 0 Å². The van der Waals surface area contributed by atoms with Crippen LogP contribution in [0.2, 0.25) is 0 Å². The molecule has 33 heavy (non-hydrogen) atoms. The maximum Gasteiger partial charge on any atom is 0.0384 e. The predicted molar refractivity (Wildman–Crippen MR) is 136 cm³/mol. The molecule has 8 bridgehead atoms. The van der Waals surface area contributed by atoms with Gasteiger partial charge in [0.15, 0.2) is 0 Å². The van der Waals surface area contributed by atoms with Crippen molar-refractivity contribution < 1.29 is 0 Å². The van der Waals surface area contributed by atoms with Gasteiger partial charge in [-0.2, -0.15) is 0 Å². The van der Waals surface area contributed by atoms with E-state index in [0.29, 0.717) is 10.8 Å². The third-order valence-corrected chi connectivity index (χ3v) is 10.3. The number of hydrogen-bond acceptors (Lipinski definition) is 1. The Kier molecular flexibility index (Phi) is 3.84. The topological polar surface area (TPSA) is 12.0 Å². The Morgan fingerprint density at radius 2 is 0.879 bits per heavy atom. The maximum absolute atomic E-state index is 3.68. The molecule has 0 spiro atoms. The predicted octanol–water partition coefficient (Wildman–Crippen LogP) is 8.21. The summed E-state index contributed by atoms with van der Waals surface area (Å²) in [6.07, 6.45) is 19.3. The zero-order chi connectivity index (χ0) is 21.6. The van der Waals surface area contributed by atoms with Gasteiger partial charge in [0.2, 0.25) is 0 Å². The average molecular weight is 434 g/mol. The van der Waals surface area contributed by atoms with Gasteiger partial charge in [0.1, 0.15) is 0 Å². The standard InChI is InChI=1S/C32H35N/c1-5-29(6-2-27(1)31-15-21-9-22(16-31)11-23(10-21)17-31)33-30-7-3-28(4-8-30)32-18-24-12-25(19-32)14-26(13-24)20-32/h1-8,15,18,22-23,25-26,33H,9-14,16-17,19-20H2. The summed E-state index contributed by atoms with van der Waals surface area (Å²) >= 11 is 0. The molecule has 4 unspecified atom stereocenters. The molecule has 0 aromatic heterocycles. The number of nitrogens with one attached hydrogen (secondary N) is 1. The smallest absolute Gasteiger partial charge is 0.0384 e. The molecule has 1 heteroatoms. The molecule has 0 saturated heterocycles. The van der Waals surface area contributed by atoms with Crippen molar-refractivity contribution in [1.29, 1.82) is 0 Å². The van der Waals surface area contributed by atoms with Crippen LogP contribution in [0.15, 0.2) is 71.8 Å². The molecule has 0 heterocycles. The average Bonchev–Trinajstić information content (AvgIpc) is 2.78. The Balaban J connectivity index is 1.02. The fourth-order valence-electron chi connectivity index (χ4n) is 9.60. The van der Waals surface area contributed by atoms with Crippen LogP contribution in [0.5, 0.6) is 0 Å². The van der Waals surface area contributed by atoms with Crippen molar-refractivity contribution in [3.05, 3.63) is 83.0 Å². The van der Waals surface area contributed by atoms with E-state index in [4.69, 9.17) is 0 Å². The molecule has 8 aliphatic rings. The van der Waals surface area contributed by atoms with Crippen LogP contribution in [-0.4, -0.2) is 0 Å². The molecular formula is C32H35N. The molecule has 1 N–H and O–H groups in total. The van der Waals surface area contributed by atoms with Gasteiger partial charge >= 0.3 is 0 Å². The maximum atomic E-state index is 3.68. The van der Waals surface area contributed by atoms with E-state index < -0.39 is 0 Å². The lowest BCUT2D eigenvalue weighted by atomic mass is 9.52. The molecular weight excluding hydrogens is 398 g/mol. The van der Waals surface area contributed by atoms with Gasteiger partial charge in [-0.05, 0) is 123 Å². The fourth-order valence-corrected chi connectivity index (χ4v) is 9.60. The SMILES string of the molecule is C1=C2CC3CC(C2)CC1(c1ccc(Nc2ccc(C45C=C6CC(CC(C6)C4)C5)cc2)cc1)C3. The van der Waals surface area contributed by atoms with E-state index in [1.54, 1.807) is 22.3 Å². The summed E-state index contributed by atoms with van der Waals surface area (Å²) in [5.74, 6) is 3.77. The van der Waals surface area contributed by atoms with Crippen molar-refractivity contribution in [3.8, 4) is 0 Å². The highest BCUT2D eigenvalue weighted by Gasteiger charge is 2.48. The highest BCUT2D eigenvalue weighted by molar-refractivity contribution is 5.61. The van der Waals surface area contributed by atoms with E-state index in [0.717, 1.165) is 23.7 Å². The normalized spacial score (nSPS) is 39.5. The van der Waals surface area contributed by atoms with Gasteiger partial charge in [-0.15, -0.1) is 0 Å². The van der Waals surface area contributed by atoms with Crippen molar-refractivity contribution in [2.24, 2.45) is 23.7 Å². The lowest BCUT2D eigenvalue weighted by molar-refractivity contribution is 0.140. The Hall–Kier alpha value is -2.28. The number of benzene rings is 2. The largest absolute Gasteiger partial charge is 0.356 e. The van der Waals surface area contributed by atoms with Crippen molar-refractivity contribution in [3.63, 3.8) is 0 Å². The quantitative estimate of drug-likeness (QED) is 0.479. The number of rotatable bonds is 4. The number of hydrogen-bond donors (Lipinski definition) is 1. The van der Waals surface area contributed by atoms with Gasteiger partial charge in [0.05, 0.1) is 0 Å². The van der Waals surface area contributed by atoms with Gasteiger partial charge in [-0.25, -0.2) is 0 Å². The minimum atomic E-state index is 0.339. The summed E-state index contributed by atoms with van der Waals surface area (Å²) in [6.45, 7) is 0. The molecule has 0 amide bonds. The highest BCUT2D eigenvalue weighted by atomic mass is 14.9. The molecule has 2 aromatic carbocycles. The molecule has 4 atom stereocenters. The first-order valence-corrected chi connectivity index (χ1v) is 13.5. The van der Waals surface area contributed by atoms with Crippen LogP contribution in [0.3, 0.4) is 0 Å². The van der Waals surface area contributed by atoms with Gasteiger partial charge in [-0.1, -0.05) is 47.6 Å². The second kappa shape index (κ2) is 6.65. The first kappa shape index (κ1) is 19.1. The van der Waals surface area contributed by atoms with Crippen LogP contribution in [0.4, 0.5) is 11.4 Å². The van der Waals surface area contributed by atoms with Gasteiger partial charge < -0.3 is 5.32 Å². The minimum absolute atomic E-state index is 0.339. The zero-order valence-electron chi connectivity index (χ0n) is 19.7. The van der Waals surface area contributed by atoms with Crippen molar-refractivity contribution in [2.75, 3.05) is 5.32 Å². The highest BCUT2D eigenvalue weighted by Crippen LogP contribution is 2.58. The monoisotopic (exact) mass is 433 g/mol. The van der Waals surface area contributed by atoms with Crippen molar-refractivity contribution in [1.82, 2.24) is 0 Å². The number of allylic oxidation sites excluding steroid dienone is 4. The third-order valence-electron chi connectivity index (χ3n) is 10.3. The minimum Gasteiger partial charge on any atom is -0.356 e. The summed E-state index contributed by atoms with van der Waals surface area (Å²) in [5.41, 5.74) is 9.70. The number of anilines is 2. The van der Waals surface area contributed by atoms with E-state index in [-0.39, 0.29) is 0 Å². The molecule has 1 nitrogen and oxygen atoms in total. The second-order valence-corrected chi connectivity index (χ2v) is 12.8. The third kappa shape index (κ3) is 2.97. The van der Waals surface area contributed by atoms with Crippen LogP contribution in [0, 0.1) is 23.7 Å². The van der Waals surface area contributed by atoms with E-state index in [1.165, 1.54) is 75.6 Å². The van der Waals surface area contributed by atoms with E-state index in [1.807, 2.05) is 0 Å². The van der Waals surface area contributed by atoms with Gasteiger partial charge in [0, 0.05) is 22.2 Å². The van der Waals surface area contributed by atoms with Crippen LogP contribution in [-0.2, 0) is 10.8 Å². The molecule has 2 aromatic rings. The van der Waals surface area contributed by atoms with Crippen LogP contribution >= 0.6 is 0 Å². The van der Waals surface area contributed by atoms with Gasteiger partial charge in [-0.3, -0.25) is 0 Å². The molecule has 8 aliphatic carbocycles. The molecule has 10 rings (SSSR count). The molecule has 4 fully saturated rings. The lowest BCUT2D eigenvalue weighted by Gasteiger charge is -2.52. The van der Waals surface area contributed by atoms with Crippen molar-refractivity contribution >= 4 is 11.4 Å². The summed E-state index contributed by atoms with van der Waals surface area (Å²) in [7, 11) is 0. The molecule has 0 radical (unpaired) electrons. The first-order chi connectivity index (χ1) is 16.1. The molecule has 168 valence electrons. The Morgan fingerprint density at radius 1 is 0.515 bits per heavy atom. The second-order valence-electron chi connectivity index (χ2n) is 12.8.